The smallest absolute Gasteiger partial charge is 0.274 e. The number of para-hydroxylation sites is 1. The zero-order valence-electron chi connectivity index (χ0n) is 15.5. The molecule has 2 N–H and O–H groups in total. The zero-order valence-corrected chi connectivity index (χ0v) is 15.5. The molecule has 0 atom stereocenters. The summed E-state index contributed by atoms with van der Waals surface area (Å²) in [4.78, 5) is 33.8. The molecule has 2 aromatic heterocycles. The number of anilines is 1. The molecule has 3 aromatic rings. The van der Waals surface area contributed by atoms with Gasteiger partial charge in [-0.3, -0.25) is 14.6 Å². The van der Waals surface area contributed by atoms with Gasteiger partial charge in [-0.25, -0.2) is 4.98 Å². The van der Waals surface area contributed by atoms with Gasteiger partial charge in [0.25, 0.3) is 11.8 Å². The molecule has 4 rings (SSSR count). The highest BCUT2D eigenvalue weighted by Crippen LogP contribution is 2.21. The first-order chi connectivity index (χ1) is 13.7. The number of hydrogen-bond donors (Lipinski definition) is 2. The number of pyridine rings is 2. The molecule has 0 bridgehead atoms. The molecular formula is C22H22N4O2. The van der Waals surface area contributed by atoms with Crippen molar-refractivity contribution in [3.8, 4) is 0 Å². The largest absolute Gasteiger partial charge is 0.348 e. The summed E-state index contributed by atoms with van der Waals surface area (Å²) in [5.74, 6) is -0.598. The number of aromatic nitrogens is 2. The third-order valence-corrected chi connectivity index (χ3v) is 5.04. The maximum Gasteiger partial charge on any atom is 0.274 e. The second kappa shape index (κ2) is 8.17. The van der Waals surface area contributed by atoms with E-state index in [0.717, 1.165) is 31.1 Å². The van der Waals surface area contributed by atoms with Crippen LogP contribution in [0.25, 0.3) is 10.9 Å². The topological polar surface area (TPSA) is 84.0 Å². The van der Waals surface area contributed by atoms with Gasteiger partial charge in [0.15, 0.2) is 0 Å². The summed E-state index contributed by atoms with van der Waals surface area (Å²) in [5.41, 5.74) is 1.78. The van der Waals surface area contributed by atoms with Gasteiger partial charge < -0.3 is 10.6 Å². The van der Waals surface area contributed by atoms with Crippen molar-refractivity contribution in [2.45, 2.75) is 38.1 Å². The Kier molecular flexibility index (Phi) is 5.28. The fraction of sp³-hybridized carbons (Fsp3) is 0.273. The van der Waals surface area contributed by atoms with E-state index in [0.29, 0.717) is 11.2 Å². The number of fused-ring (bicyclic) bond motifs is 1. The molecular weight excluding hydrogens is 352 g/mol. The number of rotatable bonds is 4. The maximum absolute atomic E-state index is 12.7. The van der Waals surface area contributed by atoms with Gasteiger partial charge in [-0.1, -0.05) is 43.5 Å². The third-order valence-electron chi connectivity index (χ3n) is 5.04. The average Bonchev–Trinajstić information content (AvgIpc) is 2.75. The lowest BCUT2D eigenvalue weighted by Crippen LogP contribution is -2.36. The van der Waals surface area contributed by atoms with Crippen LogP contribution in [0, 0.1) is 0 Å². The van der Waals surface area contributed by atoms with Crippen molar-refractivity contribution in [3.63, 3.8) is 0 Å². The predicted octanol–water partition coefficient (Wildman–Crippen LogP) is 3.94. The first-order valence-corrected chi connectivity index (χ1v) is 9.64. The van der Waals surface area contributed by atoms with Crippen molar-refractivity contribution in [2.24, 2.45) is 0 Å². The van der Waals surface area contributed by atoms with Crippen LogP contribution in [-0.4, -0.2) is 27.8 Å². The molecule has 1 saturated carbocycles. The van der Waals surface area contributed by atoms with E-state index in [1.54, 1.807) is 30.5 Å². The van der Waals surface area contributed by atoms with E-state index < -0.39 is 0 Å². The van der Waals surface area contributed by atoms with Crippen LogP contribution in [0.3, 0.4) is 0 Å². The number of carbonyl (C=O) groups excluding carboxylic acids is 2. The Morgan fingerprint density at radius 3 is 2.39 bits per heavy atom. The van der Waals surface area contributed by atoms with Crippen LogP contribution in [0.5, 0.6) is 0 Å². The number of carbonyl (C=O) groups is 2. The predicted molar refractivity (Wildman–Crippen MR) is 108 cm³/mol. The van der Waals surface area contributed by atoms with E-state index in [2.05, 4.69) is 20.6 Å². The minimum absolute atomic E-state index is 0.197. The van der Waals surface area contributed by atoms with Crippen molar-refractivity contribution < 1.29 is 9.59 Å². The molecule has 142 valence electrons. The third kappa shape index (κ3) is 4.01. The lowest BCUT2D eigenvalue weighted by atomic mass is 9.95. The molecule has 0 unspecified atom stereocenters. The van der Waals surface area contributed by atoms with Gasteiger partial charge in [-0.2, -0.15) is 0 Å². The summed E-state index contributed by atoms with van der Waals surface area (Å²) in [6, 6.07) is 14.5. The van der Waals surface area contributed by atoms with Crippen molar-refractivity contribution in [2.75, 3.05) is 5.32 Å². The fourth-order valence-corrected chi connectivity index (χ4v) is 3.59. The van der Waals surface area contributed by atoms with Crippen LogP contribution in [0.1, 0.15) is 53.1 Å². The second-order valence-corrected chi connectivity index (χ2v) is 7.05. The van der Waals surface area contributed by atoms with E-state index in [4.69, 9.17) is 0 Å². The summed E-state index contributed by atoms with van der Waals surface area (Å²) in [6.07, 6.45) is 7.19. The quantitative estimate of drug-likeness (QED) is 0.724. The molecule has 0 saturated heterocycles. The van der Waals surface area contributed by atoms with Crippen molar-refractivity contribution in [1.29, 1.82) is 0 Å². The van der Waals surface area contributed by atoms with Crippen molar-refractivity contribution in [3.05, 3.63) is 66.1 Å². The Labute approximate surface area is 163 Å². The number of hydrogen-bond acceptors (Lipinski definition) is 4. The molecule has 1 aliphatic carbocycles. The highest BCUT2D eigenvalue weighted by molar-refractivity contribution is 6.07. The van der Waals surface area contributed by atoms with Crippen LogP contribution in [-0.2, 0) is 0 Å². The molecule has 0 spiro atoms. The molecule has 2 heterocycles. The highest BCUT2D eigenvalue weighted by Gasteiger charge is 2.18. The Hall–Kier alpha value is -3.28. The summed E-state index contributed by atoms with van der Waals surface area (Å²) in [7, 11) is 0. The summed E-state index contributed by atoms with van der Waals surface area (Å²) in [5, 5.41) is 6.82. The lowest BCUT2D eigenvalue weighted by Gasteiger charge is -2.22. The monoisotopic (exact) mass is 374 g/mol. The SMILES string of the molecule is O=C(Nc1cccc2cccnc12)c1cccc(C(=O)NC2CCCCC2)n1. The van der Waals surface area contributed by atoms with Gasteiger partial charge in [0, 0.05) is 17.6 Å². The summed E-state index contributed by atoms with van der Waals surface area (Å²) >= 11 is 0. The minimum atomic E-state index is -0.370. The van der Waals surface area contributed by atoms with Crippen LogP contribution in [0.4, 0.5) is 5.69 Å². The Bertz CT molecular complexity index is 1010. The Morgan fingerprint density at radius 1 is 0.857 bits per heavy atom. The van der Waals surface area contributed by atoms with E-state index in [9.17, 15) is 9.59 Å². The number of nitrogens with zero attached hydrogens (tertiary/aromatic N) is 2. The van der Waals surface area contributed by atoms with Gasteiger partial charge in [0.05, 0.1) is 11.2 Å². The van der Waals surface area contributed by atoms with Crippen LogP contribution in [0.15, 0.2) is 54.7 Å². The molecule has 0 radical (unpaired) electrons. The van der Waals surface area contributed by atoms with E-state index in [1.165, 1.54) is 6.42 Å². The first kappa shape index (κ1) is 18.1. The molecule has 1 fully saturated rings. The first-order valence-electron chi connectivity index (χ1n) is 9.64. The number of nitrogens with one attached hydrogen (secondary N) is 2. The maximum atomic E-state index is 12.7. The number of benzene rings is 1. The zero-order chi connectivity index (χ0) is 19.3. The molecule has 1 aromatic carbocycles. The number of amides is 2. The molecule has 2 amide bonds. The van der Waals surface area contributed by atoms with Crippen LogP contribution < -0.4 is 10.6 Å². The van der Waals surface area contributed by atoms with Crippen molar-refractivity contribution >= 4 is 28.4 Å². The molecule has 0 aliphatic heterocycles. The van der Waals surface area contributed by atoms with Crippen LogP contribution >= 0.6 is 0 Å². The van der Waals surface area contributed by atoms with Gasteiger partial charge in [0.1, 0.15) is 11.4 Å². The normalized spacial score (nSPS) is 14.6. The summed E-state index contributed by atoms with van der Waals surface area (Å²) < 4.78 is 0. The van der Waals surface area contributed by atoms with E-state index in [1.807, 2.05) is 24.3 Å². The molecule has 1 aliphatic rings. The van der Waals surface area contributed by atoms with Gasteiger partial charge in [-0.15, -0.1) is 0 Å². The van der Waals surface area contributed by atoms with E-state index >= 15 is 0 Å². The summed E-state index contributed by atoms with van der Waals surface area (Å²) in [6.45, 7) is 0. The minimum Gasteiger partial charge on any atom is -0.348 e. The van der Waals surface area contributed by atoms with Crippen molar-refractivity contribution in [1.82, 2.24) is 15.3 Å². The molecule has 6 nitrogen and oxygen atoms in total. The Morgan fingerprint density at radius 2 is 1.57 bits per heavy atom. The fourth-order valence-electron chi connectivity index (χ4n) is 3.59. The van der Waals surface area contributed by atoms with Gasteiger partial charge in [-0.05, 0) is 37.1 Å². The molecule has 6 heteroatoms. The second-order valence-electron chi connectivity index (χ2n) is 7.05. The van der Waals surface area contributed by atoms with E-state index in [-0.39, 0.29) is 29.2 Å². The Balaban J connectivity index is 1.50. The highest BCUT2D eigenvalue weighted by atomic mass is 16.2. The van der Waals surface area contributed by atoms with Gasteiger partial charge in [0.2, 0.25) is 0 Å². The lowest BCUT2D eigenvalue weighted by molar-refractivity contribution is 0.0922. The standard InChI is InChI=1S/C22H22N4O2/c27-21(24-16-9-2-1-3-10-16)18-12-5-13-19(25-18)22(28)26-17-11-4-7-15-8-6-14-23-20(15)17/h4-8,11-14,16H,1-3,9-10H2,(H,24,27)(H,26,28). The van der Waals surface area contributed by atoms with Gasteiger partial charge >= 0.3 is 0 Å². The molecule has 28 heavy (non-hydrogen) atoms. The average molecular weight is 374 g/mol. The van der Waals surface area contributed by atoms with Crippen LogP contribution in [0.2, 0.25) is 0 Å².